The van der Waals surface area contributed by atoms with E-state index in [0.29, 0.717) is 57.7 Å². The Morgan fingerprint density at radius 3 is 2.43 bits per heavy atom. The molecule has 12 heteroatoms. The lowest BCUT2D eigenvalue weighted by atomic mass is 9.95. The summed E-state index contributed by atoms with van der Waals surface area (Å²) >= 11 is 1.30. The maximum atomic E-state index is 13.8. The van der Waals surface area contributed by atoms with Crippen molar-refractivity contribution in [1.29, 1.82) is 0 Å². The first-order valence-corrected chi connectivity index (χ1v) is 15.7. The second-order valence-electron chi connectivity index (χ2n) is 11.2. The number of amides is 2. The molecule has 240 valence electrons. The molecule has 0 bridgehead atoms. The zero-order valence-corrected chi connectivity index (χ0v) is 27.4. The lowest BCUT2D eigenvalue weighted by Gasteiger charge is -2.21. The van der Waals surface area contributed by atoms with Crippen LogP contribution in [0.1, 0.15) is 44.4 Å². The van der Waals surface area contributed by atoms with Crippen molar-refractivity contribution in [2.24, 2.45) is 5.92 Å². The molecule has 0 saturated carbocycles. The monoisotopic (exact) mass is 643 g/mol. The first kappa shape index (κ1) is 32.4. The first-order chi connectivity index (χ1) is 22.1. The van der Waals surface area contributed by atoms with E-state index in [0.717, 1.165) is 11.1 Å². The van der Waals surface area contributed by atoms with Crippen molar-refractivity contribution in [1.82, 2.24) is 15.3 Å². The standard InChI is InChI=1S/C34H37N5O6S/c1-18(2)30(33(42)39-34-38-26(17-46-34)24-9-7-8-14-35-24)37-25-13-11-21-22(16-27(25)41)23(36-19(3)40)12-10-20-15-28(43-4)31(44-5)32(45-6)29(20)21/h7-9,11,13-18,23,30H,10,12H2,1-6H3,(H,36,40)(H,37,41)(H,38,39,42)/t23-,30+/m0/s1. The number of aryl methyl sites for hydroxylation is 1. The highest BCUT2D eigenvalue weighted by Gasteiger charge is 2.30. The quantitative estimate of drug-likeness (QED) is 0.206. The van der Waals surface area contributed by atoms with Crippen molar-refractivity contribution in [3.8, 4) is 39.8 Å². The van der Waals surface area contributed by atoms with E-state index in [1.54, 1.807) is 26.5 Å². The van der Waals surface area contributed by atoms with Crippen molar-refractivity contribution in [2.75, 3.05) is 32.0 Å². The average Bonchev–Trinajstić information content (AvgIpc) is 3.38. The van der Waals surface area contributed by atoms with Crippen LogP contribution in [0.2, 0.25) is 0 Å². The number of anilines is 2. The summed E-state index contributed by atoms with van der Waals surface area (Å²) in [5.74, 6) is 0.675. The van der Waals surface area contributed by atoms with Crippen LogP contribution in [-0.4, -0.2) is 49.2 Å². The maximum Gasteiger partial charge on any atom is 0.248 e. The summed E-state index contributed by atoms with van der Waals surface area (Å²) in [7, 11) is 4.65. The lowest BCUT2D eigenvalue weighted by Crippen LogP contribution is -2.39. The number of rotatable bonds is 10. The zero-order chi connectivity index (χ0) is 33.0. The Bertz CT molecular complexity index is 1810. The Morgan fingerprint density at radius 2 is 1.78 bits per heavy atom. The fourth-order valence-corrected chi connectivity index (χ4v) is 6.38. The molecule has 1 aliphatic carbocycles. The summed E-state index contributed by atoms with van der Waals surface area (Å²) in [5.41, 5.74) is 4.27. The van der Waals surface area contributed by atoms with Crippen molar-refractivity contribution in [2.45, 2.75) is 45.7 Å². The van der Waals surface area contributed by atoms with Gasteiger partial charge in [-0.2, -0.15) is 0 Å². The summed E-state index contributed by atoms with van der Waals surface area (Å²) < 4.78 is 17.1. The van der Waals surface area contributed by atoms with Crippen LogP contribution in [-0.2, 0) is 16.0 Å². The van der Waals surface area contributed by atoms with Gasteiger partial charge in [0.2, 0.25) is 23.0 Å². The van der Waals surface area contributed by atoms with E-state index in [4.69, 9.17) is 14.2 Å². The minimum absolute atomic E-state index is 0.178. The Labute approximate surface area is 271 Å². The van der Waals surface area contributed by atoms with Crippen molar-refractivity contribution >= 4 is 34.0 Å². The molecule has 0 spiro atoms. The van der Waals surface area contributed by atoms with Gasteiger partial charge in [0.05, 0.1) is 38.8 Å². The smallest absolute Gasteiger partial charge is 0.248 e. The highest BCUT2D eigenvalue weighted by atomic mass is 32.1. The number of nitrogens with one attached hydrogen (secondary N) is 3. The molecule has 0 aliphatic heterocycles. The second-order valence-corrected chi connectivity index (χ2v) is 12.1. The van der Waals surface area contributed by atoms with Gasteiger partial charge in [0.15, 0.2) is 16.6 Å². The van der Waals surface area contributed by atoms with Gasteiger partial charge in [0.1, 0.15) is 11.7 Å². The number of ether oxygens (including phenoxy) is 3. The highest BCUT2D eigenvalue weighted by molar-refractivity contribution is 7.14. The molecular formula is C34H37N5O6S. The molecule has 2 aromatic carbocycles. The van der Waals surface area contributed by atoms with Gasteiger partial charge in [-0.3, -0.25) is 19.4 Å². The molecule has 3 N–H and O–H groups in total. The number of fused-ring (bicyclic) bond motifs is 3. The number of aromatic nitrogens is 2. The second kappa shape index (κ2) is 14.0. The van der Waals surface area contributed by atoms with Gasteiger partial charge < -0.3 is 30.2 Å². The fraction of sp³-hybridized carbons (Fsp3) is 0.324. The van der Waals surface area contributed by atoms with E-state index < -0.39 is 12.1 Å². The van der Waals surface area contributed by atoms with Gasteiger partial charge >= 0.3 is 0 Å². The van der Waals surface area contributed by atoms with E-state index in [9.17, 15) is 14.4 Å². The summed E-state index contributed by atoms with van der Waals surface area (Å²) in [6.07, 6.45) is 2.81. The third-order valence-corrected chi connectivity index (χ3v) is 8.60. The molecule has 1 aliphatic rings. The van der Waals surface area contributed by atoms with Gasteiger partial charge in [0.25, 0.3) is 0 Å². The summed E-state index contributed by atoms with van der Waals surface area (Å²) in [4.78, 5) is 48.5. The molecule has 2 amide bonds. The minimum Gasteiger partial charge on any atom is -0.493 e. The third-order valence-electron chi connectivity index (χ3n) is 7.84. The Balaban J connectivity index is 1.54. The molecule has 2 atom stereocenters. The van der Waals surface area contributed by atoms with E-state index in [2.05, 4.69) is 25.9 Å². The molecule has 0 radical (unpaired) electrons. The largest absolute Gasteiger partial charge is 0.493 e. The van der Waals surface area contributed by atoms with E-state index in [1.165, 1.54) is 31.4 Å². The molecule has 5 rings (SSSR count). The Hall–Kier alpha value is -4.97. The predicted molar refractivity (Wildman–Crippen MR) is 179 cm³/mol. The molecule has 46 heavy (non-hydrogen) atoms. The molecule has 0 unspecified atom stereocenters. The molecular weight excluding hydrogens is 606 g/mol. The van der Waals surface area contributed by atoms with Crippen LogP contribution in [0.4, 0.5) is 10.8 Å². The highest BCUT2D eigenvalue weighted by Crippen LogP contribution is 2.50. The number of thiazole rings is 1. The average molecular weight is 644 g/mol. The van der Waals surface area contributed by atoms with Crippen molar-refractivity contribution in [3.05, 3.63) is 75.4 Å². The van der Waals surface area contributed by atoms with Crippen LogP contribution in [0, 0.1) is 5.92 Å². The topological polar surface area (TPSA) is 141 Å². The first-order valence-electron chi connectivity index (χ1n) is 14.9. The van der Waals surface area contributed by atoms with Crippen molar-refractivity contribution in [3.63, 3.8) is 0 Å². The number of hydrogen-bond acceptors (Lipinski definition) is 10. The van der Waals surface area contributed by atoms with Crippen molar-refractivity contribution < 1.29 is 23.8 Å². The Kier molecular flexibility index (Phi) is 9.86. The predicted octanol–water partition coefficient (Wildman–Crippen LogP) is 5.46. The van der Waals surface area contributed by atoms with E-state index in [1.807, 2.05) is 49.6 Å². The van der Waals surface area contributed by atoms with Crippen LogP contribution in [0.3, 0.4) is 0 Å². The maximum absolute atomic E-state index is 13.8. The van der Waals surface area contributed by atoms with Crippen LogP contribution in [0.5, 0.6) is 17.2 Å². The molecule has 4 aromatic rings. The van der Waals surface area contributed by atoms with Gasteiger partial charge in [0, 0.05) is 24.1 Å². The number of hydrogen-bond donors (Lipinski definition) is 3. The van der Waals surface area contributed by atoms with Crippen LogP contribution in [0.25, 0.3) is 22.5 Å². The van der Waals surface area contributed by atoms with Gasteiger partial charge in [-0.15, -0.1) is 11.3 Å². The van der Waals surface area contributed by atoms with E-state index >= 15 is 0 Å². The molecule has 2 heterocycles. The molecule has 0 saturated heterocycles. The van der Waals surface area contributed by atoms with Crippen LogP contribution >= 0.6 is 11.3 Å². The molecule has 2 aromatic heterocycles. The zero-order valence-electron chi connectivity index (χ0n) is 26.6. The number of nitrogens with zero attached hydrogens (tertiary/aromatic N) is 2. The minimum atomic E-state index is -0.755. The Morgan fingerprint density at radius 1 is 1.00 bits per heavy atom. The van der Waals surface area contributed by atoms with Crippen LogP contribution in [0.15, 0.2) is 58.8 Å². The normalized spacial score (nSPS) is 14.3. The fourth-order valence-electron chi connectivity index (χ4n) is 5.68. The number of methoxy groups -OCH3 is 3. The van der Waals surface area contributed by atoms with Crippen LogP contribution < -0.4 is 35.6 Å². The number of benzene rings is 1. The number of pyridine rings is 1. The third kappa shape index (κ3) is 6.66. The van der Waals surface area contributed by atoms with Gasteiger partial charge in [-0.1, -0.05) is 26.0 Å². The lowest BCUT2D eigenvalue weighted by molar-refractivity contribution is -0.120. The molecule has 11 nitrogen and oxygen atoms in total. The van der Waals surface area contributed by atoms with Gasteiger partial charge in [-0.05, 0) is 65.8 Å². The van der Waals surface area contributed by atoms with Gasteiger partial charge in [-0.25, -0.2) is 4.98 Å². The molecule has 0 fully saturated rings. The number of carbonyl (C=O) groups excluding carboxylic acids is 2. The SMILES string of the molecule is COc1cc2c(c(OC)c1OC)-c1ccc(N[C@@H](C(=O)Nc3nc(-c4ccccn4)cs3)C(C)C)c(=O)cc1[C@@H](NC(C)=O)CC2. The van der Waals surface area contributed by atoms with E-state index in [-0.39, 0.29) is 28.8 Å². The summed E-state index contributed by atoms with van der Waals surface area (Å²) in [6.45, 7) is 5.25. The number of carbonyl (C=O) groups is 2. The summed E-state index contributed by atoms with van der Waals surface area (Å²) in [5, 5.41) is 11.4. The summed E-state index contributed by atoms with van der Waals surface area (Å²) in [6, 6.07) is 11.3.